The zero-order valence-corrected chi connectivity index (χ0v) is 14.7. The molecule has 5 nitrogen and oxygen atoms in total. The normalized spacial score (nSPS) is 10.4. The quantitative estimate of drug-likeness (QED) is 0.711. The van der Waals surface area contributed by atoms with E-state index in [1.54, 1.807) is 12.1 Å². The number of hydrogen-bond acceptors (Lipinski definition) is 3. The van der Waals surface area contributed by atoms with E-state index in [4.69, 9.17) is 4.74 Å². The number of para-hydroxylation sites is 1. The molecule has 0 saturated heterocycles. The van der Waals surface area contributed by atoms with Crippen LogP contribution in [-0.4, -0.2) is 18.4 Å². The van der Waals surface area contributed by atoms with Crippen molar-refractivity contribution in [3.8, 4) is 5.75 Å². The Bertz CT molecular complexity index is 946. The largest absolute Gasteiger partial charge is 0.483 e. The molecule has 5 heteroatoms. The number of rotatable bonds is 4. The van der Waals surface area contributed by atoms with Gasteiger partial charge in [-0.2, -0.15) is 0 Å². The number of nitrogens with one attached hydrogen (secondary N) is 2. The van der Waals surface area contributed by atoms with Crippen molar-refractivity contribution >= 4 is 22.6 Å². The predicted molar refractivity (Wildman–Crippen MR) is 101 cm³/mol. The van der Waals surface area contributed by atoms with Crippen LogP contribution in [0.25, 0.3) is 10.8 Å². The van der Waals surface area contributed by atoms with E-state index in [0.717, 1.165) is 21.9 Å². The highest BCUT2D eigenvalue weighted by Gasteiger charge is 2.10. The summed E-state index contributed by atoms with van der Waals surface area (Å²) in [5.41, 5.74) is 7.17. The topological polar surface area (TPSA) is 67.4 Å². The van der Waals surface area contributed by atoms with Gasteiger partial charge >= 0.3 is 0 Å². The Kier molecular flexibility index (Phi) is 5.17. The van der Waals surface area contributed by atoms with Gasteiger partial charge in [0, 0.05) is 5.56 Å². The van der Waals surface area contributed by atoms with Crippen LogP contribution in [0.15, 0.2) is 60.7 Å². The summed E-state index contributed by atoms with van der Waals surface area (Å²) in [7, 11) is 0. The minimum absolute atomic E-state index is 0.177. The predicted octanol–water partition coefficient (Wildman–Crippen LogP) is 3.30. The van der Waals surface area contributed by atoms with Crippen molar-refractivity contribution in [1.82, 2.24) is 10.9 Å². The number of aryl methyl sites for hydroxylation is 2. The highest BCUT2D eigenvalue weighted by atomic mass is 16.5. The Balaban J connectivity index is 1.55. The van der Waals surface area contributed by atoms with Crippen molar-refractivity contribution < 1.29 is 14.3 Å². The fourth-order valence-electron chi connectivity index (χ4n) is 2.73. The van der Waals surface area contributed by atoms with Crippen molar-refractivity contribution in [2.24, 2.45) is 0 Å². The molecule has 0 atom stereocenters. The first kappa shape index (κ1) is 17.5. The van der Waals surface area contributed by atoms with Crippen LogP contribution in [0.5, 0.6) is 5.75 Å². The van der Waals surface area contributed by atoms with Gasteiger partial charge in [0.25, 0.3) is 11.8 Å². The van der Waals surface area contributed by atoms with Gasteiger partial charge in [-0.05, 0) is 47.9 Å². The molecular weight excluding hydrogens is 328 g/mol. The molecule has 0 fully saturated rings. The standard InChI is InChI=1S/C21H20N2O3/c1-14-6-5-7-15(2)20(14)26-13-19(24)22-23-21(25)18-11-10-16-8-3-4-9-17(16)12-18/h3-12H,13H2,1-2H3,(H,22,24)(H,23,25). The summed E-state index contributed by atoms with van der Waals surface area (Å²) in [5, 5.41) is 2.01. The third kappa shape index (κ3) is 4.00. The first-order chi connectivity index (χ1) is 12.5. The summed E-state index contributed by atoms with van der Waals surface area (Å²) in [5.74, 6) is -0.124. The Labute approximate surface area is 152 Å². The Morgan fingerprint density at radius 3 is 2.27 bits per heavy atom. The van der Waals surface area contributed by atoms with Gasteiger partial charge in [0.1, 0.15) is 5.75 Å². The van der Waals surface area contributed by atoms with Gasteiger partial charge in [-0.1, -0.05) is 48.5 Å². The minimum atomic E-state index is -0.429. The van der Waals surface area contributed by atoms with E-state index in [2.05, 4.69) is 10.9 Å². The number of benzene rings is 3. The van der Waals surface area contributed by atoms with Gasteiger partial charge < -0.3 is 4.74 Å². The van der Waals surface area contributed by atoms with Crippen LogP contribution in [0.1, 0.15) is 21.5 Å². The molecule has 0 saturated carbocycles. The Morgan fingerprint density at radius 1 is 0.846 bits per heavy atom. The monoisotopic (exact) mass is 348 g/mol. The maximum absolute atomic E-state index is 12.2. The second-order valence-corrected chi connectivity index (χ2v) is 6.07. The van der Waals surface area contributed by atoms with Crippen molar-refractivity contribution in [3.63, 3.8) is 0 Å². The van der Waals surface area contributed by atoms with Crippen LogP contribution in [0.4, 0.5) is 0 Å². The van der Waals surface area contributed by atoms with E-state index in [1.807, 2.05) is 62.4 Å². The third-order valence-electron chi connectivity index (χ3n) is 4.08. The van der Waals surface area contributed by atoms with Crippen LogP contribution in [0.3, 0.4) is 0 Å². The second-order valence-electron chi connectivity index (χ2n) is 6.07. The molecule has 2 N–H and O–H groups in total. The number of ether oxygens (including phenoxy) is 1. The summed E-state index contributed by atoms with van der Waals surface area (Å²) in [6.45, 7) is 3.66. The lowest BCUT2D eigenvalue weighted by Gasteiger charge is -2.12. The summed E-state index contributed by atoms with van der Waals surface area (Å²) < 4.78 is 5.56. The van der Waals surface area contributed by atoms with Crippen molar-refractivity contribution in [3.05, 3.63) is 77.4 Å². The average molecular weight is 348 g/mol. The summed E-state index contributed by atoms with van der Waals surface area (Å²) in [6, 6.07) is 18.9. The minimum Gasteiger partial charge on any atom is -0.483 e. The van der Waals surface area contributed by atoms with E-state index in [0.29, 0.717) is 11.3 Å². The molecule has 2 amide bonds. The molecule has 3 aromatic rings. The van der Waals surface area contributed by atoms with Crippen LogP contribution >= 0.6 is 0 Å². The smallest absolute Gasteiger partial charge is 0.276 e. The summed E-state index contributed by atoms with van der Waals surface area (Å²) in [6.07, 6.45) is 0. The van der Waals surface area contributed by atoms with E-state index in [1.165, 1.54) is 0 Å². The zero-order chi connectivity index (χ0) is 18.5. The van der Waals surface area contributed by atoms with Crippen molar-refractivity contribution in [1.29, 1.82) is 0 Å². The summed E-state index contributed by atoms with van der Waals surface area (Å²) >= 11 is 0. The van der Waals surface area contributed by atoms with Gasteiger partial charge in [-0.3, -0.25) is 20.4 Å². The summed E-state index contributed by atoms with van der Waals surface area (Å²) in [4.78, 5) is 24.1. The van der Waals surface area contributed by atoms with Gasteiger partial charge in [-0.15, -0.1) is 0 Å². The number of carbonyl (C=O) groups is 2. The Morgan fingerprint density at radius 2 is 1.54 bits per heavy atom. The number of hydrazine groups is 1. The van der Waals surface area contributed by atoms with Gasteiger partial charge in [0.05, 0.1) is 0 Å². The molecule has 3 aromatic carbocycles. The van der Waals surface area contributed by atoms with Crippen LogP contribution in [0, 0.1) is 13.8 Å². The SMILES string of the molecule is Cc1cccc(C)c1OCC(=O)NNC(=O)c1ccc2ccccc2c1. The lowest BCUT2D eigenvalue weighted by molar-refractivity contribution is -0.123. The molecular formula is C21H20N2O3. The second kappa shape index (κ2) is 7.70. The first-order valence-electron chi connectivity index (χ1n) is 8.31. The van der Waals surface area contributed by atoms with E-state index in [-0.39, 0.29) is 12.5 Å². The van der Waals surface area contributed by atoms with Crippen molar-refractivity contribution in [2.75, 3.05) is 6.61 Å². The van der Waals surface area contributed by atoms with Crippen molar-refractivity contribution in [2.45, 2.75) is 13.8 Å². The molecule has 0 aliphatic carbocycles. The van der Waals surface area contributed by atoms with Crippen LogP contribution < -0.4 is 15.6 Å². The fourth-order valence-corrected chi connectivity index (χ4v) is 2.73. The number of amides is 2. The highest BCUT2D eigenvalue weighted by Crippen LogP contribution is 2.22. The Hall–Kier alpha value is -3.34. The fraction of sp³-hybridized carbons (Fsp3) is 0.143. The maximum Gasteiger partial charge on any atom is 0.276 e. The molecule has 0 aliphatic rings. The molecule has 0 spiro atoms. The molecule has 0 aromatic heterocycles. The molecule has 26 heavy (non-hydrogen) atoms. The van der Waals surface area contributed by atoms with E-state index >= 15 is 0 Å². The lowest BCUT2D eigenvalue weighted by atomic mass is 10.1. The molecule has 132 valence electrons. The maximum atomic E-state index is 12.2. The molecule has 0 radical (unpaired) electrons. The zero-order valence-electron chi connectivity index (χ0n) is 14.7. The molecule has 3 rings (SSSR count). The first-order valence-corrected chi connectivity index (χ1v) is 8.31. The van der Waals surface area contributed by atoms with Gasteiger partial charge in [0.2, 0.25) is 0 Å². The van der Waals surface area contributed by atoms with Crippen LogP contribution in [0.2, 0.25) is 0 Å². The van der Waals surface area contributed by atoms with Gasteiger partial charge in [0.15, 0.2) is 6.61 Å². The van der Waals surface area contributed by atoms with E-state index in [9.17, 15) is 9.59 Å². The molecule has 0 aliphatic heterocycles. The molecule has 0 unspecified atom stereocenters. The molecule has 0 bridgehead atoms. The van der Waals surface area contributed by atoms with Gasteiger partial charge in [-0.25, -0.2) is 0 Å². The number of fused-ring (bicyclic) bond motifs is 1. The third-order valence-corrected chi connectivity index (χ3v) is 4.08. The lowest BCUT2D eigenvalue weighted by Crippen LogP contribution is -2.43. The highest BCUT2D eigenvalue weighted by molar-refractivity contribution is 5.99. The van der Waals surface area contributed by atoms with Crippen LogP contribution in [-0.2, 0) is 4.79 Å². The molecule has 0 heterocycles. The van der Waals surface area contributed by atoms with E-state index < -0.39 is 5.91 Å². The number of hydrogen-bond donors (Lipinski definition) is 2. The average Bonchev–Trinajstić information content (AvgIpc) is 2.65. The number of carbonyl (C=O) groups excluding carboxylic acids is 2.